The van der Waals surface area contributed by atoms with Crippen molar-refractivity contribution in [2.45, 2.75) is 77.4 Å². The number of aromatic amines is 1. The van der Waals surface area contributed by atoms with Gasteiger partial charge in [-0.15, -0.1) is 10.2 Å². The van der Waals surface area contributed by atoms with E-state index in [1.807, 2.05) is 48.5 Å². The van der Waals surface area contributed by atoms with Crippen LogP contribution in [-0.4, -0.2) is 55.3 Å². The molecule has 1 atom stereocenters. The predicted octanol–water partition coefficient (Wildman–Crippen LogP) is 5.54. The molecule has 0 bridgehead atoms. The molecule has 2 saturated carbocycles. The van der Waals surface area contributed by atoms with Gasteiger partial charge in [0.25, 0.3) is 11.8 Å². The second-order valence-corrected chi connectivity index (χ2v) is 13.4. The average molecular weight is 588 g/mol. The van der Waals surface area contributed by atoms with E-state index in [2.05, 4.69) is 51.6 Å². The van der Waals surface area contributed by atoms with E-state index in [1.54, 1.807) is 0 Å². The highest BCUT2D eigenvalue weighted by molar-refractivity contribution is 6.47. The quantitative estimate of drug-likeness (QED) is 0.359. The van der Waals surface area contributed by atoms with E-state index in [4.69, 9.17) is 16.6 Å². The number of nitrogens with zero attached hydrogens (tertiary/aromatic N) is 5. The maximum absolute atomic E-state index is 14.4. The third-order valence-corrected chi connectivity index (χ3v) is 9.42. The summed E-state index contributed by atoms with van der Waals surface area (Å²) in [5, 5.41) is 17.3. The van der Waals surface area contributed by atoms with Gasteiger partial charge in [0.15, 0.2) is 5.82 Å². The van der Waals surface area contributed by atoms with Crippen LogP contribution in [0.25, 0.3) is 0 Å². The number of tetrazole rings is 1. The first-order chi connectivity index (χ1) is 20.1. The van der Waals surface area contributed by atoms with Crippen LogP contribution < -0.4 is 5.32 Å². The molecule has 3 aromatic rings. The minimum absolute atomic E-state index is 0.0216. The van der Waals surface area contributed by atoms with Gasteiger partial charge in [0.1, 0.15) is 11.4 Å². The summed E-state index contributed by atoms with van der Waals surface area (Å²) < 4.78 is 0. The number of H-pyrrole nitrogens is 1. The Morgan fingerprint density at radius 3 is 2.48 bits per heavy atom. The van der Waals surface area contributed by atoms with Crippen LogP contribution in [0.5, 0.6) is 0 Å². The number of halogens is 1. The zero-order valence-electron chi connectivity index (χ0n) is 24.4. The van der Waals surface area contributed by atoms with Crippen molar-refractivity contribution >= 4 is 29.1 Å². The van der Waals surface area contributed by atoms with Crippen molar-refractivity contribution in [3.63, 3.8) is 0 Å². The Labute approximate surface area is 251 Å². The standard InChI is InChI=1S/C32H38ClN7O2/c1-31(2,3)24-13-16-32(17-14-24)35-27(23-5-4-6-25(33)19-23)30(42)40(32)28(20-7-8-20)21-9-11-22(12-10-21)29(41)34-18-15-26-36-38-39-37-26/h4-6,9-12,19-20,24,28H,7-8,13-18H2,1-3H3,(H,34,41)(H,36,37,38,39)/t24?,28-,32?/m1/s1. The molecule has 9 nitrogen and oxygen atoms in total. The average Bonchev–Trinajstić information content (AvgIpc) is 3.60. The fourth-order valence-electron chi connectivity index (χ4n) is 6.67. The van der Waals surface area contributed by atoms with Crippen LogP contribution in [0, 0.1) is 17.3 Å². The Morgan fingerprint density at radius 2 is 1.86 bits per heavy atom. The normalized spacial score (nSPS) is 23.2. The first-order valence-corrected chi connectivity index (χ1v) is 15.3. The molecule has 0 saturated heterocycles. The first kappa shape index (κ1) is 28.5. The van der Waals surface area contributed by atoms with Crippen LogP contribution in [-0.2, 0) is 11.2 Å². The number of nitrogens with one attached hydrogen (secondary N) is 2. The molecule has 220 valence electrons. The Bertz CT molecular complexity index is 1470. The lowest BCUT2D eigenvalue weighted by atomic mass is 9.69. The summed E-state index contributed by atoms with van der Waals surface area (Å²) >= 11 is 6.35. The van der Waals surface area contributed by atoms with Gasteiger partial charge in [-0.1, -0.05) is 61.9 Å². The molecule has 2 N–H and O–H groups in total. The van der Waals surface area contributed by atoms with Gasteiger partial charge in [-0.3, -0.25) is 14.6 Å². The van der Waals surface area contributed by atoms with Crippen molar-refractivity contribution in [3.8, 4) is 0 Å². The van der Waals surface area contributed by atoms with Gasteiger partial charge in [-0.25, -0.2) is 0 Å². The highest BCUT2D eigenvalue weighted by Crippen LogP contribution is 2.54. The molecule has 2 aliphatic carbocycles. The number of aromatic nitrogens is 4. The summed E-state index contributed by atoms with van der Waals surface area (Å²) in [5.74, 6) is 1.33. The number of hydrogen-bond donors (Lipinski definition) is 2. The molecule has 3 aliphatic rings. The van der Waals surface area contributed by atoms with Crippen molar-refractivity contribution in [1.29, 1.82) is 0 Å². The lowest BCUT2D eigenvalue weighted by Crippen LogP contribution is -2.52. The smallest absolute Gasteiger partial charge is 0.275 e. The highest BCUT2D eigenvalue weighted by atomic mass is 35.5. The summed E-state index contributed by atoms with van der Waals surface area (Å²) in [4.78, 5) is 34.6. The molecule has 2 aromatic carbocycles. The van der Waals surface area contributed by atoms with Gasteiger partial charge in [0.05, 0.1) is 6.04 Å². The molecule has 0 unspecified atom stereocenters. The summed E-state index contributed by atoms with van der Waals surface area (Å²) in [6.07, 6.45) is 6.37. The van der Waals surface area contributed by atoms with Crippen LogP contribution in [0.1, 0.15) is 92.6 Å². The fraction of sp³-hybridized carbons (Fsp3) is 0.500. The molecule has 0 radical (unpaired) electrons. The number of aliphatic imine (C=N–C) groups is 1. The van der Waals surface area contributed by atoms with E-state index in [0.717, 1.165) is 49.7 Å². The van der Waals surface area contributed by atoms with Gasteiger partial charge >= 0.3 is 0 Å². The van der Waals surface area contributed by atoms with E-state index in [0.29, 0.717) is 46.9 Å². The summed E-state index contributed by atoms with van der Waals surface area (Å²) in [5.41, 5.74) is 2.55. The first-order valence-electron chi connectivity index (χ1n) is 14.9. The van der Waals surface area contributed by atoms with Crippen LogP contribution in [0.2, 0.25) is 5.02 Å². The second kappa shape index (κ2) is 11.2. The minimum Gasteiger partial charge on any atom is -0.352 e. The molecule has 2 heterocycles. The molecule has 1 spiro atoms. The van der Waals surface area contributed by atoms with Gasteiger partial charge in [0.2, 0.25) is 0 Å². The molecule has 2 fully saturated rings. The summed E-state index contributed by atoms with van der Waals surface area (Å²) in [6.45, 7) is 7.34. The molecular weight excluding hydrogens is 550 g/mol. The van der Waals surface area contributed by atoms with E-state index < -0.39 is 5.66 Å². The van der Waals surface area contributed by atoms with E-state index in [-0.39, 0.29) is 23.3 Å². The van der Waals surface area contributed by atoms with Crippen LogP contribution in [0.15, 0.2) is 53.5 Å². The van der Waals surface area contributed by atoms with Gasteiger partial charge in [0, 0.05) is 29.1 Å². The molecule has 1 aliphatic heterocycles. The number of amides is 2. The number of carbonyl (C=O) groups is 2. The van der Waals surface area contributed by atoms with Gasteiger partial charge in [-0.05, 0) is 85.6 Å². The molecule has 10 heteroatoms. The lowest BCUT2D eigenvalue weighted by Gasteiger charge is -2.47. The van der Waals surface area contributed by atoms with Crippen LogP contribution in [0.4, 0.5) is 0 Å². The Balaban J connectivity index is 1.27. The highest BCUT2D eigenvalue weighted by Gasteiger charge is 2.55. The third-order valence-electron chi connectivity index (χ3n) is 9.18. The Kier molecular flexibility index (Phi) is 7.64. The predicted molar refractivity (Wildman–Crippen MR) is 161 cm³/mol. The lowest BCUT2D eigenvalue weighted by molar-refractivity contribution is -0.134. The fourth-order valence-corrected chi connectivity index (χ4v) is 6.87. The Morgan fingerprint density at radius 1 is 1.12 bits per heavy atom. The van der Waals surface area contributed by atoms with Gasteiger partial charge < -0.3 is 10.2 Å². The molecule has 2 amide bonds. The number of benzene rings is 2. The van der Waals surface area contributed by atoms with E-state index in [9.17, 15) is 9.59 Å². The number of rotatable bonds is 8. The SMILES string of the molecule is CC(C)(C)C1CCC2(CC1)N=C(c1cccc(Cl)c1)C(=O)N2[C@@H](c1ccc(C(=O)NCCc2nn[nH]n2)cc1)C1CC1. The van der Waals surface area contributed by atoms with E-state index in [1.165, 1.54) is 0 Å². The molecule has 6 rings (SSSR count). The van der Waals surface area contributed by atoms with Crippen molar-refractivity contribution in [2.75, 3.05) is 6.54 Å². The number of hydrogen-bond acceptors (Lipinski definition) is 6. The maximum Gasteiger partial charge on any atom is 0.275 e. The van der Waals surface area contributed by atoms with Crippen molar-refractivity contribution in [3.05, 3.63) is 76.1 Å². The largest absolute Gasteiger partial charge is 0.352 e. The van der Waals surface area contributed by atoms with Crippen LogP contribution in [0.3, 0.4) is 0 Å². The Hall–Kier alpha value is -3.59. The maximum atomic E-state index is 14.4. The zero-order valence-corrected chi connectivity index (χ0v) is 25.2. The zero-order chi connectivity index (χ0) is 29.5. The van der Waals surface area contributed by atoms with Crippen molar-refractivity contribution in [2.24, 2.45) is 22.2 Å². The van der Waals surface area contributed by atoms with Gasteiger partial charge in [-0.2, -0.15) is 5.21 Å². The topological polar surface area (TPSA) is 116 Å². The molecule has 42 heavy (non-hydrogen) atoms. The molecule has 1 aromatic heterocycles. The summed E-state index contributed by atoms with van der Waals surface area (Å²) in [6, 6.07) is 15.1. The van der Waals surface area contributed by atoms with Crippen LogP contribution >= 0.6 is 11.6 Å². The second-order valence-electron chi connectivity index (χ2n) is 13.0. The third kappa shape index (κ3) is 5.71. The van der Waals surface area contributed by atoms with Crippen molar-refractivity contribution < 1.29 is 9.59 Å². The molecular formula is C32H38ClN7O2. The van der Waals surface area contributed by atoms with E-state index >= 15 is 0 Å². The monoisotopic (exact) mass is 587 g/mol. The summed E-state index contributed by atoms with van der Waals surface area (Å²) in [7, 11) is 0. The van der Waals surface area contributed by atoms with Crippen molar-refractivity contribution in [1.82, 2.24) is 30.8 Å². The number of carbonyl (C=O) groups excluding carboxylic acids is 2. The minimum atomic E-state index is -0.574.